The molecule has 13 heteroatoms. The number of carbonyl (C=O) groups is 2. The van der Waals surface area contributed by atoms with Crippen LogP contribution in [0.2, 0.25) is 0 Å². The van der Waals surface area contributed by atoms with Crippen LogP contribution in [0.1, 0.15) is 48.9 Å². The van der Waals surface area contributed by atoms with Crippen molar-refractivity contribution < 1.29 is 45.1 Å². The van der Waals surface area contributed by atoms with Crippen LogP contribution in [0.25, 0.3) is 0 Å². The largest absolute Gasteiger partial charge is 0.444 e. The number of ether oxygens (including phenoxy) is 1. The first-order chi connectivity index (χ1) is 17.3. The molecule has 1 aliphatic heterocycles. The molecular weight excluding hydrogens is 523 g/mol. The topological polar surface area (TPSA) is 70.7 Å². The second kappa shape index (κ2) is 10.3. The van der Waals surface area contributed by atoms with Gasteiger partial charge in [-0.05, 0) is 69.2 Å². The summed E-state index contributed by atoms with van der Waals surface area (Å²) in [7, 11) is 0. The number of halogens is 7. The predicted octanol–water partition coefficient (Wildman–Crippen LogP) is 6.70. The van der Waals surface area contributed by atoms with Crippen molar-refractivity contribution in [3.8, 4) is 0 Å². The third-order valence-electron chi connectivity index (χ3n) is 5.76. The Kier molecular flexibility index (Phi) is 7.90. The predicted molar refractivity (Wildman–Crippen MR) is 124 cm³/mol. The zero-order chi connectivity index (χ0) is 28.6. The van der Waals surface area contributed by atoms with E-state index in [9.17, 15) is 40.3 Å². The molecule has 1 heterocycles. The lowest BCUT2D eigenvalue weighted by Gasteiger charge is -2.24. The Balaban J connectivity index is 1.87. The number of rotatable bonds is 3. The Bertz CT molecular complexity index is 1170. The van der Waals surface area contributed by atoms with E-state index in [-0.39, 0.29) is 19.2 Å². The molecule has 2 N–H and O–H groups in total. The zero-order valence-corrected chi connectivity index (χ0v) is 20.9. The van der Waals surface area contributed by atoms with Gasteiger partial charge in [0, 0.05) is 24.7 Å². The molecule has 0 spiro atoms. The molecule has 2 aromatic carbocycles. The van der Waals surface area contributed by atoms with Crippen LogP contribution < -0.4 is 10.6 Å². The summed E-state index contributed by atoms with van der Waals surface area (Å²) in [4.78, 5) is 26.7. The number of likely N-dealkylation sites (tertiary alicyclic amines) is 1. The SMILES string of the molecule is Cc1cc(F)ccc1[C@@H]1CN(C(=O)OC(C)(C)C)C[C@H]1NC(=O)Nc1cc(C(F)(F)F)cc(C(F)(F)F)c1. The van der Waals surface area contributed by atoms with Crippen LogP contribution >= 0.6 is 0 Å². The number of hydrogen-bond donors (Lipinski definition) is 2. The van der Waals surface area contributed by atoms with Gasteiger partial charge in [0.05, 0.1) is 17.2 Å². The smallest absolute Gasteiger partial charge is 0.416 e. The normalized spacial score (nSPS) is 18.3. The number of benzene rings is 2. The molecule has 0 unspecified atom stereocenters. The molecule has 1 fully saturated rings. The minimum atomic E-state index is -5.08. The second-order valence-electron chi connectivity index (χ2n) is 9.99. The Morgan fingerprint density at radius 3 is 2.00 bits per heavy atom. The molecule has 6 nitrogen and oxygen atoms in total. The number of aryl methyl sites for hydroxylation is 1. The van der Waals surface area contributed by atoms with Crippen LogP contribution in [0.5, 0.6) is 0 Å². The third-order valence-corrected chi connectivity index (χ3v) is 5.76. The van der Waals surface area contributed by atoms with Crippen LogP contribution in [0.15, 0.2) is 36.4 Å². The molecule has 0 aromatic heterocycles. The van der Waals surface area contributed by atoms with E-state index in [0.717, 1.165) is 0 Å². The van der Waals surface area contributed by atoms with Gasteiger partial charge < -0.3 is 20.3 Å². The average Bonchev–Trinajstić information content (AvgIpc) is 3.14. The molecule has 3 rings (SSSR count). The molecular formula is C25H26F7N3O3. The van der Waals surface area contributed by atoms with Crippen molar-refractivity contribution in [1.29, 1.82) is 0 Å². The van der Waals surface area contributed by atoms with E-state index >= 15 is 0 Å². The number of carbonyl (C=O) groups excluding carboxylic acids is 2. The van der Waals surface area contributed by atoms with E-state index in [4.69, 9.17) is 4.74 Å². The van der Waals surface area contributed by atoms with Gasteiger partial charge in [-0.15, -0.1) is 0 Å². The van der Waals surface area contributed by atoms with Crippen molar-refractivity contribution in [2.24, 2.45) is 0 Å². The molecule has 208 valence electrons. The molecule has 1 saturated heterocycles. The highest BCUT2D eigenvalue weighted by atomic mass is 19.4. The first-order valence-electron chi connectivity index (χ1n) is 11.4. The summed E-state index contributed by atoms with van der Waals surface area (Å²) < 4.78 is 98.1. The zero-order valence-electron chi connectivity index (χ0n) is 20.9. The van der Waals surface area contributed by atoms with Gasteiger partial charge in [0.2, 0.25) is 0 Å². The quantitative estimate of drug-likeness (QED) is 0.419. The van der Waals surface area contributed by atoms with E-state index < -0.39 is 64.7 Å². The molecule has 2 aromatic rings. The van der Waals surface area contributed by atoms with E-state index in [0.29, 0.717) is 23.3 Å². The van der Waals surface area contributed by atoms with Crippen LogP contribution in [0.4, 0.5) is 46.0 Å². The van der Waals surface area contributed by atoms with Crippen LogP contribution in [-0.2, 0) is 17.1 Å². The highest BCUT2D eigenvalue weighted by molar-refractivity contribution is 5.90. The van der Waals surface area contributed by atoms with Crippen molar-refractivity contribution >= 4 is 17.8 Å². The van der Waals surface area contributed by atoms with Crippen molar-refractivity contribution in [3.63, 3.8) is 0 Å². The first kappa shape index (κ1) is 29.1. The van der Waals surface area contributed by atoms with Crippen molar-refractivity contribution in [1.82, 2.24) is 10.2 Å². The molecule has 0 saturated carbocycles. The van der Waals surface area contributed by atoms with E-state index in [1.54, 1.807) is 27.7 Å². The fourth-order valence-corrected chi connectivity index (χ4v) is 4.16. The lowest BCUT2D eigenvalue weighted by molar-refractivity contribution is -0.143. The lowest BCUT2D eigenvalue weighted by Crippen LogP contribution is -2.43. The Morgan fingerprint density at radius 2 is 1.50 bits per heavy atom. The Hall–Kier alpha value is -3.51. The van der Waals surface area contributed by atoms with Gasteiger partial charge in [0.25, 0.3) is 0 Å². The molecule has 2 atom stereocenters. The van der Waals surface area contributed by atoms with E-state index in [1.165, 1.54) is 23.1 Å². The summed E-state index contributed by atoms with van der Waals surface area (Å²) in [6.45, 7) is 6.61. The second-order valence-corrected chi connectivity index (χ2v) is 9.99. The van der Waals surface area contributed by atoms with Gasteiger partial charge in [-0.25, -0.2) is 14.0 Å². The summed E-state index contributed by atoms with van der Waals surface area (Å²) >= 11 is 0. The summed E-state index contributed by atoms with van der Waals surface area (Å²) in [5, 5.41) is 4.55. The van der Waals surface area contributed by atoms with Gasteiger partial charge in [0.15, 0.2) is 0 Å². The van der Waals surface area contributed by atoms with Gasteiger partial charge in [-0.2, -0.15) is 26.3 Å². The molecule has 1 aliphatic rings. The number of anilines is 1. The highest BCUT2D eigenvalue weighted by Gasteiger charge is 2.40. The summed E-state index contributed by atoms with van der Waals surface area (Å²) in [5.41, 5.74) is -3.58. The minimum absolute atomic E-state index is 0.0495. The maximum absolute atomic E-state index is 13.7. The van der Waals surface area contributed by atoms with Crippen molar-refractivity contribution in [2.45, 2.75) is 57.6 Å². The van der Waals surface area contributed by atoms with Crippen molar-refractivity contribution in [2.75, 3.05) is 18.4 Å². The highest BCUT2D eigenvalue weighted by Crippen LogP contribution is 2.38. The molecule has 3 amide bonds. The van der Waals surface area contributed by atoms with Crippen LogP contribution in [-0.4, -0.2) is 41.8 Å². The number of nitrogens with zero attached hydrogens (tertiary/aromatic N) is 1. The number of urea groups is 1. The summed E-state index contributed by atoms with van der Waals surface area (Å²) in [6.07, 6.45) is -10.9. The van der Waals surface area contributed by atoms with Gasteiger partial charge in [-0.1, -0.05) is 6.07 Å². The van der Waals surface area contributed by atoms with Gasteiger partial charge in [0.1, 0.15) is 11.4 Å². The molecule has 38 heavy (non-hydrogen) atoms. The van der Waals surface area contributed by atoms with Crippen LogP contribution in [0.3, 0.4) is 0 Å². The molecule has 0 bridgehead atoms. The first-order valence-corrected chi connectivity index (χ1v) is 11.4. The Labute approximate surface area is 214 Å². The summed E-state index contributed by atoms with van der Waals surface area (Å²) in [6, 6.07) is 2.78. The standard InChI is InChI=1S/C25H26F7N3O3/c1-13-7-16(26)5-6-18(13)19-11-35(22(37)38-23(2,3)4)12-20(19)34-21(36)33-17-9-14(24(27,28)29)8-15(10-17)25(30,31)32/h5-10,19-20H,11-12H2,1-4H3,(H2,33,34,36)/t19-,20+/m0/s1. The maximum Gasteiger partial charge on any atom is 0.416 e. The monoisotopic (exact) mass is 549 g/mol. The van der Waals surface area contributed by atoms with Gasteiger partial charge >= 0.3 is 24.5 Å². The fourth-order valence-electron chi connectivity index (χ4n) is 4.16. The van der Waals surface area contributed by atoms with E-state index in [2.05, 4.69) is 5.32 Å². The number of hydrogen-bond acceptors (Lipinski definition) is 3. The average molecular weight is 549 g/mol. The number of amides is 3. The van der Waals surface area contributed by atoms with Crippen molar-refractivity contribution in [3.05, 3.63) is 64.5 Å². The lowest BCUT2D eigenvalue weighted by atomic mass is 9.91. The fraction of sp³-hybridized carbons (Fsp3) is 0.440. The Morgan fingerprint density at radius 1 is 0.921 bits per heavy atom. The molecule has 0 radical (unpaired) electrons. The minimum Gasteiger partial charge on any atom is -0.444 e. The summed E-state index contributed by atoms with van der Waals surface area (Å²) in [5.74, 6) is -1.07. The molecule has 0 aliphatic carbocycles. The maximum atomic E-state index is 13.7. The number of nitrogens with one attached hydrogen (secondary N) is 2. The van der Waals surface area contributed by atoms with Gasteiger partial charge in [-0.3, -0.25) is 0 Å². The number of alkyl halides is 6. The third kappa shape index (κ3) is 7.29. The van der Waals surface area contributed by atoms with Crippen LogP contribution in [0, 0.1) is 12.7 Å². The van der Waals surface area contributed by atoms with E-state index in [1.807, 2.05) is 5.32 Å².